The maximum atomic E-state index is 12.9. The number of nitrogens with zero attached hydrogens (tertiary/aromatic N) is 2. The van der Waals surface area contributed by atoms with Crippen molar-refractivity contribution in [2.24, 2.45) is 0 Å². The fraction of sp³-hybridized carbons (Fsp3) is 0.292. The summed E-state index contributed by atoms with van der Waals surface area (Å²) in [6, 6.07) is 7.92. The first-order valence-corrected chi connectivity index (χ1v) is 12.0. The number of rotatable bonds is 6. The Morgan fingerprint density at radius 2 is 2.27 bits per heavy atom. The predicted octanol–water partition coefficient (Wildman–Crippen LogP) is 4.27. The van der Waals surface area contributed by atoms with E-state index >= 15 is 0 Å². The van der Waals surface area contributed by atoms with Crippen LogP contribution >= 0.6 is 11.3 Å². The highest BCUT2D eigenvalue weighted by Gasteiger charge is 2.29. The van der Waals surface area contributed by atoms with Crippen molar-refractivity contribution < 1.29 is 14.3 Å². The highest BCUT2D eigenvalue weighted by atomic mass is 32.1. The van der Waals surface area contributed by atoms with E-state index < -0.39 is 0 Å². The first kappa shape index (κ1) is 20.2. The number of H-pyrrole nitrogens is 1. The third-order valence-electron chi connectivity index (χ3n) is 6.09. The van der Waals surface area contributed by atoms with Gasteiger partial charge in [0.05, 0.1) is 45.1 Å². The Bertz CT molecular complexity index is 1320. The summed E-state index contributed by atoms with van der Waals surface area (Å²) in [7, 11) is 0. The molecule has 2 aliphatic heterocycles. The van der Waals surface area contributed by atoms with Crippen molar-refractivity contribution in [2.45, 2.75) is 25.4 Å². The lowest BCUT2D eigenvalue weighted by Crippen LogP contribution is -2.31. The highest BCUT2D eigenvalue weighted by Crippen LogP contribution is 2.41. The molecule has 2 aliphatic rings. The molecule has 0 aliphatic carbocycles. The number of para-hydroxylation sites is 1. The zero-order valence-corrected chi connectivity index (χ0v) is 18.7. The molecule has 0 unspecified atom stereocenters. The Morgan fingerprint density at radius 1 is 1.30 bits per heavy atom. The van der Waals surface area contributed by atoms with Crippen LogP contribution in [0, 0.1) is 0 Å². The topological polar surface area (TPSA) is 101 Å². The quantitative estimate of drug-likeness (QED) is 0.396. The van der Waals surface area contributed by atoms with Gasteiger partial charge in [0.1, 0.15) is 17.9 Å². The van der Waals surface area contributed by atoms with Crippen molar-refractivity contribution in [3.8, 4) is 17.0 Å². The van der Waals surface area contributed by atoms with Crippen LogP contribution in [-0.2, 0) is 11.2 Å². The number of aromatic nitrogens is 3. The van der Waals surface area contributed by atoms with Gasteiger partial charge in [-0.3, -0.25) is 9.78 Å². The van der Waals surface area contributed by atoms with Crippen molar-refractivity contribution in [2.75, 3.05) is 25.1 Å². The number of carbonyl (C=O) groups excluding carboxylic acids is 1. The predicted molar refractivity (Wildman–Crippen MR) is 127 cm³/mol. The van der Waals surface area contributed by atoms with Gasteiger partial charge in [-0.1, -0.05) is 6.07 Å². The van der Waals surface area contributed by atoms with Gasteiger partial charge in [0.25, 0.3) is 5.91 Å². The fourth-order valence-corrected chi connectivity index (χ4v) is 5.19. The first-order valence-electron chi connectivity index (χ1n) is 11.1. The number of hydrogen-bond donors (Lipinski definition) is 3. The summed E-state index contributed by atoms with van der Waals surface area (Å²) in [4.78, 5) is 25.2. The molecule has 1 amide bonds. The molecule has 9 heteroatoms. The molecule has 3 aromatic heterocycles. The van der Waals surface area contributed by atoms with E-state index in [-0.39, 0.29) is 12.0 Å². The van der Waals surface area contributed by atoms with E-state index in [9.17, 15) is 4.79 Å². The minimum atomic E-state index is -0.0948. The molecule has 1 aromatic carbocycles. The Hall–Kier alpha value is -3.43. The van der Waals surface area contributed by atoms with Crippen LogP contribution in [0.25, 0.3) is 21.5 Å². The van der Waals surface area contributed by atoms with Crippen molar-refractivity contribution in [3.63, 3.8) is 0 Å². The summed E-state index contributed by atoms with van der Waals surface area (Å²) in [5, 5.41) is 6.48. The van der Waals surface area contributed by atoms with E-state index in [0.717, 1.165) is 64.4 Å². The summed E-state index contributed by atoms with van der Waals surface area (Å²) in [6.07, 6.45) is 6.34. The number of benzene rings is 1. The lowest BCUT2D eigenvalue weighted by atomic mass is 10.0. The molecule has 5 heterocycles. The Balaban J connectivity index is 1.44. The van der Waals surface area contributed by atoms with Crippen molar-refractivity contribution in [1.29, 1.82) is 0 Å². The van der Waals surface area contributed by atoms with E-state index in [4.69, 9.17) is 9.47 Å². The molecule has 0 saturated carbocycles. The number of carbonyl (C=O) groups is 1. The summed E-state index contributed by atoms with van der Waals surface area (Å²) in [6.45, 7) is 1.86. The molecule has 0 spiro atoms. The molecule has 0 radical (unpaired) electrons. The van der Waals surface area contributed by atoms with Crippen LogP contribution in [0.5, 0.6) is 5.75 Å². The molecule has 168 valence electrons. The zero-order valence-electron chi connectivity index (χ0n) is 17.9. The van der Waals surface area contributed by atoms with Crippen molar-refractivity contribution in [1.82, 2.24) is 20.3 Å². The van der Waals surface area contributed by atoms with Gasteiger partial charge in [0.15, 0.2) is 0 Å². The van der Waals surface area contributed by atoms with Gasteiger partial charge in [0.2, 0.25) is 0 Å². The van der Waals surface area contributed by atoms with Gasteiger partial charge in [-0.15, -0.1) is 11.3 Å². The number of hydrogen-bond acceptors (Lipinski definition) is 7. The fourth-order valence-electron chi connectivity index (χ4n) is 4.49. The van der Waals surface area contributed by atoms with Gasteiger partial charge in [-0.25, -0.2) is 4.98 Å². The van der Waals surface area contributed by atoms with Crippen molar-refractivity contribution in [3.05, 3.63) is 53.4 Å². The lowest BCUT2D eigenvalue weighted by molar-refractivity contribution is 0.0680. The van der Waals surface area contributed by atoms with E-state index in [1.165, 1.54) is 0 Å². The summed E-state index contributed by atoms with van der Waals surface area (Å²) in [5.41, 5.74) is 7.46. The number of fused-ring (bicyclic) bond motifs is 2. The van der Waals surface area contributed by atoms with Gasteiger partial charge in [-0.05, 0) is 31.0 Å². The van der Waals surface area contributed by atoms with Gasteiger partial charge >= 0.3 is 0 Å². The SMILES string of the molecule is O=C1NCCc2[nH]c(-c3ccncc3OC[C@H]3CCCO3)c(Nc3cccc4scnc34)c21. The molecule has 1 fully saturated rings. The summed E-state index contributed by atoms with van der Waals surface area (Å²) < 4.78 is 12.9. The molecule has 1 atom stereocenters. The zero-order chi connectivity index (χ0) is 22.2. The second-order valence-corrected chi connectivity index (χ2v) is 9.07. The molecule has 33 heavy (non-hydrogen) atoms. The molecular weight excluding hydrogens is 438 g/mol. The number of anilines is 2. The molecule has 0 bridgehead atoms. The van der Waals surface area contributed by atoms with Crippen LogP contribution in [0.3, 0.4) is 0 Å². The van der Waals surface area contributed by atoms with Gasteiger partial charge in [-0.2, -0.15) is 0 Å². The van der Waals surface area contributed by atoms with Gasteiger partial charge in [0, 0.05) is 37.0 Å². The summed E-state index contributed by atoms with van der Waals surface area (Å²) >= 11 is 1.59. The Labute approximate surface area is 194 Å². The van der Waals surface area contributed by atoms with Crippen LogP contribution in [0.15, 0.2) is 42.2 Å². The standard InChI is InChI=1S/C24H23N5O3S/c30-24-20-16(7-9-26-24)28-21(23(20)29-17-4-1-5-19-22(17)27-13-33-19)15-6-8-25-11-18(15)32-12-14-3-2-10-31-14/h1,4-6,8,11,13-14,28-29H,2-3,7,9-10,12H2,(H,26,30)/t14-/m1/s1. The number of ether oxygens (including phenoxy) is 2. The average Bonchev–Trinajstić information content (AvgIpc) is 3.59. The molecule has 8 nitrogen and oxygen atoms in total. The minimum Gasteiger partial charge on any atom is -0.489 e. The molecule has 4 aromatic rings. The monoisotopic (exact) mass is 461 g/mol. The Morgan fingerprint density at radius 3 is 3.18 bits per heavy atom. The lowest BCUT2D eigenvalue weighted by Gasteiger charge is -2.16. The van der Waals surface area contributed by atoms with Crippen molar-refractivity contribution >= 4 is 38.8 Å². The Kier molecular flexibility index (Phi) is 5.20. The first-order chi connectivity index (χ1) is 16.3. The maximum absolute atomic E-state index is 12.9. The second kappa shape index (κ2) is 8.49. The van der Waals surface area contributed by atoms with Crippen LogP contribution in [-0.4, -0.2) is 46.7 Å². The van der Waals surface area contributed by atoms with E-state index in [0.29, 0.717) is 24.5 Å². The number of nitrogens with one attached hydrogen (secondary N) is 3. The van der Waals surface area contributed by atoms with E-state index in [2.05, 4.69) is 25.6 Å². The molecule has 3 N–H and O–H groups in total. The van der Waals surface area contributed by atoms with Gasteiger partial charge < -0.3 is 25.1 Å². The van der Waals surface area contributed by atoms with Crippen LogP contribution in [0.2, 0.25) is 0 Å². The number of amides is 1. The number of pyridine rings is 1. The molecular formula is C24H23N5O3S. The third kappa shape index (κ3) is 3.73. The minimum absolute atomic E-state index is 0.0948. The third-order valence-corrected chi connectivity index (χ3v) is 6.88. The normalized spacial score (nSPS) is 17.7. The van der Waals surface area contributed by atoms with E-state index in [1.807, 2.05) is 29.8 Å². The van der Waals surface area contributed by atoms with Crippen LogP contribution in [0.1, 0.15) is 28.9 Å². The summed E-state index contributed by atoms with van der Waals surface area (Å²) in [5.74, 6) is 0.560. The smallest absolute Gasteiger partial charge is 0.255 e. The number of thiazole rings is 1. The van der Waals surface area contributed by atoms with Crippen LogP contribution < -0.4 is 15.4 Å². The largest absolute Gasteiger partial charge is 0.489 e. The number of aromatic amines is 1. The van der Waals surface area contributed by atoms with E-state index in [1.54, 1.807) is 23.7 Å². The highest BCUT2D eigenvalue weighted by molar-refractivity contribution is 7.16. The maximum Gasteiger partial charge on any atom is 0.255 e. The average molecular weight is 462 g/mol. The van der Waals surface area contributed by atoms with Crippen LogP contribution in [0.4, 0.5) is 11.4 Å². The molecule has 1 saturated heterocycles. The second-order valence-electron chi connectivity index (χ2n) is 8.18. The molecule has 6 rings (SSSR count).